The monoisotopic (exact) mass is 173 g/mol. The summed E-state index contributed by atoms with van der Waals surface area (Å²) in [4.78, 5) is 0. The first kappa shape index (κ1) is 9.96. The Kier molecular flexibility index (Phi) is 4.58. The summed E-state index contributed by atoms with van der Waals surface area (Å²) in [6.45, 7) is 5.33. The van der Waals surface area contributed by atoms with E-state index in [9.17, 15) is 5.11 Å². The second-order valence-electron chi connectivity index (χ2n) is 3.32. The van der Waals surface area contributed by atoms with Crippen LogP contribution in [0.4, 0.5) is 0 Å². The van der Waals surface area contributed by atoms with Gasteiger partial charge in [-0.3, -0.25) is 0 Å². The number of hydrogen-bond acceptors (Lipinski definition) is 3. The Labute approximate surface area is 74.1 Å². The van der Waals surface area contributed by atoms with Crippen molar-refractivity contribution in [1.82, 2.24) is 5.32 Å². The molecule has 1 aliphatic heterocycles. The van der Waals surface area contributed by atoms with Crippen molar-refractivity contribution in [3.8, 4) is 0 Å². The lowest BCUT2D eigenvalue weighted by Crippen LogP contribution is -2.35. The first-order chi connectivity index (χ1) is 5.84. The van der Waals surface area contributed by atoms with E-state index in [1.54, 1.807) is 0 Å². The van der Waals surface area contributed by atoms with Crippen molar-refractivity contribution in [2.24, 2.45) is 5.92 Å². The van der Waals surface area contributed by atoms with E-state index in [0.29, 0.717) is 5.92 Å². The number of ether oxygens (including phenoxy) is 1. The van der Waals surface area contributed by atoms with E-state index in [4.69, 9.17) is 4.74 Å². The number of hydrogen-bond donors (Lipinski definition) is 2. The Hall–Kier alpha value is -0.120. The molecular formula is C9H19NO2. The third-order valence-electron chi connectivity index (χ3n) is 2.41. The summed E-state index contributed by atoms with van der Waals surface area (Å²) in [5.74, 6) is 0.442. The van der Waals surface area contributed by atoms with Crippen LogP contribution in [-0.2, 0) is 4.74 Å². The van der Waals surface area contributed by atoms with Gasteiger partial charge in [0, 0.05) is 19.8 Å². The van der Waals surface area contributed by atoms with Crippen LogP contribution in [0.25, 0.3) is 0 Å². The second-order valence-corrected chi connectivity index (χ2v) is 3.32. The zero-order valence-electron chi connectivity index (χ0n) is 7.75. The van der Waals surface area contributed by atoms with Crippen LogP contribution >= 0.6 is 0 Å². The molecule has 1 unspecified atom stereocenters. The summed E-state index contributed by atoms with van der Waals surface area (Å²) >= 11 is 0. The molecule has 1 fully saturated rings. The van der Waals surface area contributed by atoms with Crippen LogP contribution in [0.3, 0.4) is 0 Å². The van der Waals surface area contributed by atoms with Crippen LogP contribution in [0.15, 0.2) is 0 Å². The lowest BCUT2D eigenvalue weighted by atomic mass is 9.94. The van der Waals surface area contributed by atoms with Crippen molar-refractivity contribution in [3.05, 3.63) is 0 Å². The highest BCUT2D eigenvalue weighted by Crippen LogP contribution is 2.18. The highest BCUT2D eigenvalue weighted by Gasteiger charge is 2.21. The number of aliphatic hydroxyl groups excluding tert-OH is 1. The molecule has 12 heavy (non-hydrogen) atoms. The molecule has 0 amide bonds. The lowest BCUT2D eigenvalue weighted by molar-refractivity contribution is 0.00876. The van der Waals surface area contributed by atoms with E-state index in [-0.39, 0.29) is 6.10 Å². The highest BCUT2D eigenvalue weighted by atomic mass is 16.5. The van der Waals surface area contributed by atoms with Crippen LogP contribution in [0.2, 0.25) is 0 Å². The molecule has 3 heteroatoms. The summed E-state index contributed by atoms with van der Waals surface area (Å²) in [7, 11) is 0. The van der Waals surface area contributed by atoms with Gasteiger partial charge in [0.25, 0.3) is 0 Å². The van der Waals surface area contributed by atoms with Gasteiger partial charge in [0.05, 0.1) is 6.10 Å². The molecule has 1 rings (SSSR count). The Bertz CT molecular complexity index is 113. The first-order valence-corrected chi connectivity index (χ1v) is 4.81. The van der Waals surface area contributed by atoms with E-state index in [2.05, 4.69) is 12.2 Å². The second kappa shape index (κ2) is 5.51. The largest absolute Gasteiger partial charge is 0.392 e. The van der Waals surface area contributed by atoms with E-state index < -0.39 is 0 Å². The minimum Gasteiger partial charge on any atom is -0.392 e. The molecule has 1 saturated heterocycles. The molecule has 0 spiro atoms. The summed E-state index contributed by atoms with van der Waals surface area (Å²) in [5, 5.41) is 12.8. The summed E-state index contributed by atoms with van der Waals surface area (Å²) in [5.41, 5.74) is 0. The van der Waals surface area contributed by atoms with E-state index in [0.717, 1.165) is 39.1 Å². The van der Waals surface area contributed by atoms with Gasteiger partial charge in [-0.05, 0) is 25.3 Å². The third kappa shape index (κ3) is 3.09. The summed E-state index contributed by atoms with van der Waals surface area (Å²) in [6.07, 6.45) is 1.83. The van der Waals surface area contributed by atoms with Crippen molar-refractivity contribution in [2.75, 3.05) is 26.3 Å². The zero-order chi connectivity index (χ0) is 8.81. The number of likely N-dealkylation sites (N-methyl/N-ethyl adjacent to an activating group) is 1. The SMILES string of the molecule is CCNCC(O)C1CCOCC1. The van der Waals surface area contributed by atoms with E-state index >= 15 is 0 Å². The van der Waals surface area contributed by atoms with Gasteiger partial charge < -0.3 is 15.2 Å². The van der Waals surface area contributed by atoms with Crippen LogP contribution in [-0.4, -0.2) is 37.5 Å². The van der Waals surface area contributed by atoms with Crippen molar-refractivity contribution >= 4 is 0 Å². The van der Waals surface area contributed by atoms with Crippen LogP contribution < -0.4 is 5.32 Å². The molecule has 1 heterocycles. The Morgan fingerprint density at radius 2 is 2.17 bits per heavy atom. The van der Waals surface area contributed by atoms with Crippen LogP contribution in [0.1, 0.15) is 19.8 Å². The quantitative estimate of drug-likeness (QED) is 0.646. The number of rotatable bonds is 4. The minimum atomic E-state index is -0.186. The molecule has 0 aliphatic carbocycles. The highest BCUT2D eigenvalue weighted by molar-refractivity contribution is 4.73. The molecule has 2 N–H and O–H groups in total. The summed E-state index contributed by atoms with van der Waals surface area (Å²) in [6, 6.07) is 0. The van der Waals surface area contributed by atoms with Crippen LogP contribution in [0.5, 0.6) is 0 Å². The maximum atomic E-state index is 9.69. The van der Waals surface area contributed by atoms with Crippen molar-refractivity contribution in [3.63, 3.8) is 0 Å². The van der Waals surface area contributed by atoms with Crippen molar-refractivity contribution in [1.29, 1.82) is 0 Å². The maximum absolute atomic E-state index is 9.69. The maximum Gasteiger partial charge on any atom is 0.0694 e. The van der Waals surface area contributed by atoms with Gasteiger partial charge in [-0.2, -0.15) is 0 Å². The molecule has 1 aliphatic rings. The molecule has 72 valence electrons. The summed E-state index contributed by atoms with van der Waals surface area (Å²) < 4.78 is 5.22. The third-order valence-corrected chi connectivity index (χ3v) is 2.41. The standard InChI is InChI=1S/C9H19NO2/c1-2-10-7-9(11)8-3-5-12-6-4-8/h8-11H,2-7H2,1H3. The lowest BCUT2D eigenvalue weighted by Gasteiger charge is -2.26. The molecule has 0 bridgehead atoms. The van der Waals surface area contributed by atoms with Gasteiger partial charge in [-0.25, -0.2) is 0 Å². The average molecular weight is 173 g/mol. The predicted octanol–water partition coefficient (Wildman–Crippen LogP) is 0.383. The fraction of sp³-hybridized carbons (Fsp3) is 1.00. The zero-order valence-corrected chi connectivity index (χ0v) is 7.75. The molecule has 1 atom stereocenters. The predicted molar refractivity (Wildman–Crippen MR) is 48.1 cm³/mol. The molecule has 0 saturated carbocycles. The number of nitrogens with one attached hydrogen (secondary N) is 1. The fourth-order valence-electron chi connectivity index (χ4n) is 1.56. The van der Waals surface area contributed by atoms with Crippen molar-refractivity contribution < 1.29 is 9.84 Å². The van der Waals surface area contributed by atoms with Gasteiger partial charge >= 0.3 is 0 Å². The van der Waals surface area contributed by atoms with E-state index in [1.165, 1.54) is 0 Å². The van der Waals surface area contributed by atoms with Crippen LogP contribution in [0, 0.1) is 5.92 Å². The Morgan fingerprint density at radius 1 is 1.50 bits per heavy atom. The molecule has 3 nitrogen and oxygen atoms in total. The Morgan fingerprint density at radius 3 is 2.75 bits per heavy atom. The van der Waals surface area contributed by atoms with E-state index in [1.807, 2.05) is 0 Å². The molecule has 0 aromatic carbocycles. The van der Waals surface area contributed by atoms with Gasteiger partial charge in [-0.1, -0.05) is 6.92 Å². The normalized spacial score (nSPS) is 22.5. The van der Waals surface area contributed by atoms with Gasteiger partial charge in [0.15, 0.2) is 0 Å². The smallest absolute Gasteiger partial charge is 0.0694 e. The molecule has 0 aromatic rings. The number of aliphatic hydroxyl groups is 1. The first-order valence-electron chi connectivity index (χ1n) is 4.81. The fourth-order valence-corrected chi connectivity index (χ4v) is 1.56. The van der Waals surface area contributed by atoms with Gasteiger partial charge in [-0.15, -0.1) is 0 Å². The molecule has 0 radical (unpaired) electrons. The Balaban J connectivity index is 2.15. The van der Waals surface area contributed by atoms with Gasteiger partial charge in [0.2, 0.25) is 0 Å². The molecule has 0 aromatic heterocycles. The molecular weight excluding hydrogens is 154 g/mol. The van der Waals surface area contributed by atoms with Gasteiger partial charge in [0.1, 0.15) is 0 Å². The average Bonchev–Trinajstić information content (AvgIpc) is 2.15. The van der Waals surface area contributed by atoms with Crippen molar-refractivity contribution in [2.45, 2.75) is 25.9 Å². The topological polar surface area (TPSA) is 41.5 Å². The minimum absolute atomic E-state index is 0.186.